The van der Waals surface area contributed by atoms with Gasteiger partial charge in [-0.15, -0.1) is 0 Å². The molecule has 0 amide bonds. The van der Waals surface area contributed by atoms with Crippen LogP contribution < -0.4 is 10.9 Å². The maximum absolute atomic E-state index is 11.9. The smallest absolute Gasteiger partial charge is 0.336 e. The number of hydrogen-bond donors (Lipinski definition) is 1. The van der Waals surface area contributed by atoms with Gasteiger partial charge in [-0.05, 0) is 46.7 Å². The van der Waals surface area contributed by atoms with E-state index in [-0.39, 0.29) is 5.63 Å². The summed E-state index contributed by atoms with van der Waals surface area (Å²) < 4.78 is 6.42. The van der Waals surface area contributed by atoms with Crippen molar-refractivity contribution in [3.05, 3.63) is 87.2 Å². The quantitative estimate of drug-likeness (QED) is 0.386. The van der Waals surface area contributed by atoms with E-state index in [0.717, 1.165) is 31.9 Å². The number of anilines is 1. The summed E-state index contributed by atoms with van der Waals surface area (Å²) >= 11 is 3.43. The lowest BCUT2D eigenvalue weighted by atomic mass is 10.0. The van der Waals surface area contributed by atoms with Crippen molar-refractivity contribution < 1.29 is 4.42 Å². The Morgan fingerprint density at radius 1 is 0.958 bits per heavy atom. The largest absolute Gasteiger partial charge is 0.423 e. The van der Waals surface area contributed by atoms with Gasteiger partial charge in [0.2, 0.25) is 0 Å². The lowest BCUT2D eigenvalue weighted by Gasteiger charge is -2.11. The molecule has 0 saturated carbocycles. The van der Waals surface area contributed by atoms with E-state index in [4.69, 9.17) is 4.42 Å². The Kier molecular flexibility index (Phi) is 3.82. The van der Waals surface area contributed by atoms with Crippen molar-refractivity contribution in [2.45, 2.75) is 6.54 Å². The van der Waals surface area contributed by atoms with Crippen molar-refractivity contribution in [1.29, 1.82) is 0 Å². The van der Waals surface area contributed by atoms with Crippen molar-refractivity contribution in [2.75, 3.05) is 5.32 Å². The molecule has 0 aliphatic rings. The molecule has 0 spiro atoms. The molecular weight excluding hydrogens is 366 g/mol. The van der Waals surface area contributed by atoms with E-state index >= 15 is 0 Å². The van der Waals surface area contributed by atoms with Crippen LogP contribution in [-0.4, -0.2) is 0 Å². The van der Waals surface area contributed by atoms with Crippen molar-refractivity contribution in [3.8, 4) is 0 Å². The number of nitrogens with one attached hydrogen (secondary N) is 1. The van der Waals surface area contributed by atoms with Crippen molar-refractivity contribution in [2.24, 2.45) is 0 Å². The van der Waals surface area contributed by atoms with Gasteiger partial charge in [-0.25, -0.2) is 4.79 Å². The number of hydrogen-bond acceptors (Lipinski definition) is 3. The second kappa shape index (κ2) is 6.13. The first-order chi connectivity index (χ1) is 11.7. The monoisotopic (exact) mass is 379 g/mol. The summed E-state index contributed by atoms with van der Waals surface area (Å²) in [7, 11) is 0. The third-order valence-electron chi connectivity index (χ3n) is 4.04. The zero-order chi connectivity index (χ0) is 16.5. The van der Waals surface area contributed by atoms with Crippen LogP contribution in [0.25, 0.3) is 21.7 Å². The summed E-state index contributed by atoms with van der Waals surface area (Å²) in [6, 6.07) is 21.5. The molecule has 0 fully saturated rings. The van der Waals surface area contributed by atoms with Gasteiger partial charge in [0, 0.05) is 28.2 Å². The number of benzene rings is 3. The Morgan fingerprint density at radius 3 is 2.58 bits per heavy atom. The van der Waals surface area contributed by atoms with Gasteiger partial charge in [-0.2, -0.15) is 0 Å². The van der Waals surface area contributed by atoms with Crippen molar-refractivity contribution >= 4 is 43.4 Å². The molecule has 0 aliphatic carbocycles. The lowest BCUT2D eigenvalue weighted by Crippen LogP contribution is -2.06. The van der Waals surface area contributed by atoms with Crippen LogP contribution in [-0.2, 0) is 6.54 Å². The maximum atomic E-state index is 11.9. The lowest BCUT2D eigenvalue weighted by molar-refractivity contribution is 0.559. The van der Waals surface area contributed by atoms with Gasteiger partial charge in [-0.1, -0.05) is 46.3 Å². The van der Waals surface area contributed by atoms with Gasteiger partial charge in [0.15, 0.2) is 0 Å². The summed E-state index contributed by atoms with van der Waals surface area (Å²) in [6.45, 7) is 0.553. The summed E-state index contributed by atoms with van der Waals surface area (Å²) in [5, 5.41) is 6.57. The zero-order valence-electron chi connectivity index (χ0n) is 12.8. The summed E-state index contributed by atoms with van der Waals surface area (Å²) in [6.07, 6.45) is 0. The molecule has 0 aliphatic heterocycles. The maximum Gasteiger partial charge on any atom is 0.336 e. The van der Waals surface area contributed by atoms with Crippen molar-refractivity contribution in [3.63, 3.8) is 0 Å². The first kappa shape index (κ1) is 15.0. The minimum Gasteiger partial charge on any atom is -0.423 e. The fourth-order valence-corrected chi connectivity index (χ4v) is 3.19. The van der Waals surface area contributed by atoms with Crippen LogP contribution in [0.15, 0.2) is 80.4 Å². The second-order valence-electron chi connectivity index (χ2n) is 5.61. The van der Waals surface area contributed by atoms with Gasteiger partial charge in [0.25, 0.3) is 0 Å². The third-order valence-corrected chi connectivity index (χ3v) is 4.57. The molecule has 1 N–H and O–H groups in total. The van der Waals surface area contributed by atoms with Gasteiger partial charge in [-0.3, -0.25) is 0 Å². The Labute approximate surface area is 147 Å². The molecule has 0 atom stereocenters. The second-order valence-corrected chi connectivity index (χ2v) is 6.53. The average Bonchev–Trinajstić information content (AvgIpc) is 2.60. The molecule has 4 aromatic rings. The first-order valence-corrected chi connectivity index (χ1v) is 8.44. The predicted octanol–water partition coefficient (Wildman–Crippen LogP) is 5.32. The average molecular weight is 380 g/mol. The number of halogens is 1. The van der Waals surface area contributed by atoms with Gasteiger partial charge in [0.05, 0.1) is 0 Å². The normalized spacial score (nSPS) is 11.0. The first-order valence-electron chi connectivity index (χ1n) is 7.65. The zero-order valence-corrected chi connectivity index (χ0v) is 14.3. The third kappa shape index (κ3) is 2.81. The van der Waals surface area contributed by atoms with E-state index in [2.05, 4.69) is 33.4 Å². The minimum absolute atomic E-state index is 0.328. The highest BCUT2D eigenvalue weighted by Gasteiger charge is 2.09. The van der Waals surface area contributed by atoms with E-state index in [9.17, 15) is 4.79 Å². The summed E-state index contributed by atoms with van der Waals surface area (Å²) in [5.41, 5.74) is 2.22. The van der Waals surface area contributed by atoms with E-state index in [1.807, 2.05) is 48.5 Å². The predicted molar refractivity (Wildman–Crippen MR) is 101 cm³/mol. The van der Waals surface area contributed by atoms with E-state index in [1.165, 1.54) is 0 Å². The van der Waals surface area contributed by atoms with E-state index in [1.54, 1.807) is 6.07 Å². The molecular formula is C20H14BrNO2. The topological polar surface area (TPSA) is 42.2 Å². The molecule has 0 unspecified atom stereocenters. The Balaban J connectivity index is 1.82. The molecule has 0 radical (unpaired) electrons. The number of fused-ring (bicyclic) bond motifs is 3. The van der Waals surface area contributed by atoms with Crippen LogP contribution in [0.2, 0.25) is 0 Å². The van der Waals surface area contributed by atoms with Crippen LogP contribution in [0.3, 0.4) is 0 Å². The number of rotatable bonds is 3. The SMILES string of the molecule is O=c1cc(CNc2ccc(Br)cc2)c2c(ccc3ccccc32)o1. The van der Waals surface area contributed by atoms with Crippen LogP contribution in [0.1, 0.15) is 5.56 Å². The highest BCUT2D eigenvalue weighted by molar-refractivity contribution is 9.10. The van der Waals surface area contributed by atoms with Gasteiger partial charge >= 0.3 is 5.63 Å². The van der Waals surface area contributed by atoms with E-state index in [0.29, 0.717) is 12.1 Å². The Bertz CT molecular complexity index is 1080. The standard InChI is InChI=1S/C20H14BrNO2/c21-15-6-8-16(9-7-15)22-12-14-11-19(23)24-18-10-5-13-3-1-2-4-17(13)20(14)18/h1-11,22H,12H2. The molecule has 0 saturated heterocycles. The Morgan fingerprint density at radius 2 is 1.75 bits per heavy atom. The molecule has 24 heavy (non-hydrogen) atoms. The minimum atomic E-state index is -0.328. The molecule has 3 aromatic carbocycles. The summed E-state index contributed by atoms with van der Waals surface area (Å²) in [5.74, 6) is 0. The fraction of sp³-hybridized carbons (Fsp3) is 0.0500. The van der Waals surface area contributed by atoms with Gasteiger partial charge in [0.1, 0.15) is 5.58 Å². The van der Waals surface area contributed by atoms with Gasteiger partial charge < -0.3 is 9.73 Å². The highest BCUT2D eigenvalue weighted by Crippen LogP contribution is 2.28. The van der Waals surface area contributed by atoms with Crippen LogP contribution in [0, 0.1) is 0 Å². The molecule has 4 heteroatoms. The summed E-state index contributed by atoms with van der Waals surface area (Å²) in [4.78, 5) is 11.9. The Hall–Kier alpha value is -2.59. The molecule has 4 rings (SSSR count). The molecule has 0 bridgehead atoms. The molecule has 1 aromatic heterocycles. The molecule has 118 valence electrons. The van der Waals surface area contributed by atoms with Crippen LogP contribution in [0.4, 0.5) is 5.69 Å². The fourth-order valence-electron chi connectivity index (χ4n) is 2.92. The van der Waals surface area contributed by atoms with Crippen LogP contribution >= 0.6 is 15.9 Å². The van der Waals surface area contributed by atoms with E-state index < -0.39 is 0 Å². The highest BCUT2D eigenvalue weighted by atomic mass is 79.9. The van der Waals surface area contributed by atoms with Crippen molar-refractivity contribution in [1.82, 2.24) is 0 Å². The molecule has 1 heterocycles. The molecule has 3 nitrogen and oxygen atoms in total. The van der Waals surface area contributed by atoms with Crippen LogP contribution in [0.5, 0.6) is 0 Å².